The summed E-state index contributed by atoms with van der Waals surface area (Å²) >= 11 is 5.68. The summed E-state index contributed by atoms with van der Waals surface area (Å²) in [6.07, 6.45) is 7.00. The minimum absolute atomic E-state index is 0.398. The summed E-state index contributed by atoms with van der Waals surface area (Å²) in [5.41, 5.74) is 0.879. The van der Waals surface area contributed by atoms with Crippen molar-refractivity contribution in [3.8, 4) is 0 Å². The monoisotopic (exact) mass is 236 g/mol. The van der Waals surface area contributed by atoms with Crippen molar-refractivity contribution in [3.05, 3.63) is 41.5 Å². The molecular weight excluding hydrogens is 224 g/mol. The van der Waals surface area contributed by atoms with E-state index in [1.807, 2.05) is 6.20 Å². The summed E-state index contributed by atoms with van der Waals surface area (Å²) in [4.78, 5) is 12.5. The summed E-state index contributed by atoms with van der Waals surface area (Å²) < 4.78 is 2.07. The second-order valence-corrected chi connectivity index (χ2v) is 4.29. The van der Waals surface area contributed by atoms with Crippen LogP contribution in [-0.2, 0) is 6.54 Å². The highest BCUT2D eigenvalue weighted by molar-refractivity contribution is 6.29. The molecule has 0 spiro atoms. The molecule has 4 nitrogen and oxygen atoms in total. The summed E-state index contributed by atoms with van der Waals surface area (Å²) in [6, 6.07) is 0. The third-order valence-corrected chi connectivity index (χ3v) is 2.47. The van der Waals surface area contributed by atoms with Gasteiger partial charge in [0, 0.05) is 18.3 Å². The zero-order valence-electron chi connectivity index (χ0n) is 9.26. The van der Waals surface area contributed by atoms with E-state index in [4.69, 9.17) is 11.6 Å². The molecule has 84 valence electrons. The Labute approximate surface area is 99.3 Å². The van der Waals surface area contributed by atoms with Gasteiger partial charge in [0.2, 0.25) is 0 Å². The quantitative estimate of drug-likeness (QED) is 0.823. The van der Waals surface area contributed by atoms with Gasteiger partial charge in [-0.3, -0.25) is 4.98 Å². The first kappa shape index (κ1) is 11.1. The van der Waals surface area contributed by atoms with E-state index in [-0.39, 0.29) is 0 Å². The molecule has 0 saturated heterocycles. The molecule has 0 aliphatic rings. The number of nitrogens with zero attached hydrogens (tertiary/aromatic N) is 4. The maximum absolute atomic E-state index is 5.68. The van der Waals surface area contributed by atoms with Crippen LogP contribution in [0.4, 0.5) is 0 Å². The van der Waals surface area contributed by atoms with Crippen LogP contribution in [0.2, 0.25) is 5.15 Å². The number of halogens is 1. The van der Waals surface area contributed by atoms with E-state index >= 15 is 0 Å². The molecule has 16 heavy (non-hydrogen) atoms. The molecule has 2 aromatic heterocycles. The Morgan fingerprint density at radius 1 is 1.25 bits per heavy atom. The molecule has 0 aliphatic heterocycles. The highest BCUT2D eigenvalue weighted by Gasteiger charge is 2.07. The molecule has 0 amide bonds. The van der Waals surface area contributed by atoms with Gasteiger partial charge in [-0.25, -0.2) is 9.97 Å². The van der Waals surface area contributed by atoms with Crippen molar-refractivity contribution in [2.45, 2.75) is 26.3 Å². The third kappa shape index (κ3) is 2.39. The Balaban J connectivity index is 2.20. The van der Waals surface area contributed by atoms with Crippen LogP contribution >= 0.6 is 11.6 Å². The standard InChI is InChI=1S/C11H13ClN4/c1-8(2)11-13-3-4-16(11)7-9-5-15-10(12)6-14-9/h3-6,8H,7H2,1-2H3. The van der Waals surface area contributed by atoms with Crippen LogP contribution in [0.25, 0.3) is 0 Å². The zero-order chi connectivity index (χ0) is 11.5. The average molecular weight is 237 g/mol. The van der Waals surface area contributed by atoms with Gasteiger partial charge in [0.25, 0.3) is 0 Å². The molecule has 5 heteroatoms. The SMILES string of the molecule is CC(C)c1nccn1Cc1cnc(Cl)cn1. The lowest BCUT2D eigenvalue weighted by Crippen LogP contribution is -2.07. The molecule has 2 aromatic rings. The predicted octanol–water partition coefficient (Wildman–Crippen LogP) is 2.50. The van der Waals surface area contributed by atoms with Crippen molar-refractivity contribution < 1.29 is 0 Å². The Bertz CT molecular complexity index is 461. The first-order chi connectivity index (χ1) is 7.66. The van der Waals surface area contributed by atoms with Gasteiger partial charge < -0.3 is 4.57 Å². The number of rotatable bonds is 3. The molecule has 2 heterocycles. The van der Waals surface area contributed by atoms with E-state index in [9.17, 15) is 0 Å². The molecule has 0 aliphatic carbocycles. The summed E-state index contributed by atoms with van der Waals surface area (Å²) in [7, 11) is 0. The smallest absolute Gasteiger partial charge is 0.147 e. The van der Waals surface area contributed by atoms with E-state index in [0.717, 1.165) is 11.5 Å². The van der Waals surface area contributed by atoms with Crippen molar-refractivity contribution in [1.82, 2.24) is 19.5 Å². The molecule has 2 rings (SSSR count). The number of hydrogen-bond donors (Lipinski definition) is 0. The normalized spacial score (nSPS) is 11.0. The summed E-state index contributed by atoms with van der Waals surface area (Å²) in [6.45, 7) is 4.91. The molecule has 0 unspecified atom stereocenters. The van der Waals surface area contributed by atoms with Gasteiger partial charge in [-0.05, 0) is 0 Å². The second-order valence-electron chi connectivity index (χ2n) is 3.90. The summed E-state index contributed by atoms with van der Waals surface area (Å²) in [5, 5.41) is 0.415. The minimum atomic E-state index is 0.398. The zero-order valence-corrected chi connectivity index (χ0v) is 10.0. The van der Waals surface area contributed by atoms with Crippen LogP contribution < -0.4 is 0 Å². The molecular formula is C11H13ClN4. The van der Waals surface area contributed by atoms with Crippen molar-refractivity contribution in [2.24, 2.45) is 0 Å². The Kier molecular flexibility index (Phi) is 3.19. The van der Waals surface area contributed by atoms with E-state index in [1.54, 1.807) is 18.6 Å². The Morgan fingerprint density at radius 3 is 2.69 bits per heavy atom. The topological polar surface area (TPSA) is 43.6 Å². The van der Waals surface area contributed by atoms with Gasteiger partial charge in [0.05, 0.1) is 24.6 Å². The predicted molar refractivity (Wildman–Crippen MR) is 62.5 cm³/mol. The number of imidazole rings is 1. The van der Waals surface area contributed by atoms with Crippen molar-refractivity contribution >= 4 is 11.6 Å². The Morgan fingerprint density at radius 2 is 2.06 bits per heavy atom. The van der Waals surface area contributed by atoms with Crippen LogP contribution in [0, 0.1) is 0 Å². The van der Waals surface area contributed by atoms with Crippen molar-refractivity contribution in [3.63, 3.8) is 0 Å². The Hall–Kier alpha value is -1.42. The van der Waals surface area contributed by atoms with Gasteiger partial charge in [-0.15, -0.1) is 0 Å². The van der Waals surface area contributed by atoms with Gasteiger partial charge in [-0.2, -0.15) is 0 Å². The average Bonchev–Trinajstić information content (AvgIpc) is 2.69. The third-order valence-electron chi connectivity index (χ3n) is 2.27. The molecule has 0 fully saturated rings. The molecule has 0 bridgehead atoms. The fourth-order valence-corrected chi connectivity index (χ4v) is 1.65. The fourth-order valence-electron chi connectivity index (χ4n) is 1.55. The highest BCUT2D eigenvalue weighted by atomic mass is 35.5. The van der Waals surface area contributed by atoms with E-state index in [2.05, 4.69) is 33.4 Å². The molecule has 0 radical (unpaired) electrons. The molecule has 0 saturated carbocycles. The van der Waals surface area contributed by atoms with Gasteiger partial charge in [0.1, 0.15) is 11.0 Å². The van der Waals surface area contributed by atoms with Gasteiger partial charge in [0.15, 0.2) is 0 Å². The van der Waals surface area contributed by atoms with Gasteiger partial charge in [-0.1, -0.05) is 25.4 Å². The van der Waals surface area contributed by atoms with Crippen molar-refractivity contribution in [1.29, 1.82) is 0 Å². The number of hydrogen-bond acceptors (Lipinski definition) is 3. The lowest BCUT2D eigenvalue weighted by Gasteiger charge is -2.09. The van der Waals surface area contributed by atoms with Crippen LogP contribution in [0.15, 0.2) is 24.8 Å². The van der Waals surface area contributed by atoms with Crippen LogP contribution in [-0.4, -0.2) is 19.5 Å². The largest absolute Gasteiger partial charge is 0.329 e. The second kappa shape index (κ2) is 4.61. The number of aromatic nitrogens is 4. The van der Waals surface area contributed by atoms with E-state index in [1.165, 1.54) is 0 Å². The van der Waals surface area contributed by atoms with Crippen LogP contribution in [0.3, 0.4) is 0 Å². The lowest BCUT2D eigenvalue weighted by atomic mass is 10.2. The van der Waals surface area contributed by atoms with Crippen LogP contribution in [0.1, 0.15) is 31.3 Å². The summed E-state index contributed by atoms with van der Waals surface area (Å²) in [5.74, 6) is 1.45. The maximum Gasteiger partial charge on any atom is 0.147 e. The highest BCUT2D eigenvalue weighted by Crippen LogP contribution is 2.13. The molecule has 0 atom stereocenters. The van der Waals surface area contributed by atoms with E-state index in [0.29, 0.717) is 17.6 Å². The van der Waals surface area contributed by atoms with E-state index < -0.39 is 0 Å². The fraction of sp³-hybridized carbons (Fsp3) is 0.364. The first-order valence-electron chi connectivity index (χ1n) is 5.14. The van der Waals surface area contributed by atoms with Crippen molar-refractivity contribution in [2.75, 3.05) is 0 Å². The first-order valence-corrected chi connectivity index (χ1v) is 5.52. The van der Waals surface area contributed by atoms with Crippen LogP contribution in [0.5, 0.6) is 0 Å². The van der Waals surface area contributed by atoms with Gasteiger partial charge >= 0.3 is 0 Å². The lowest BCUT2D eigenvalue weighted by molar-refractivity contribution is 0.659. The minimum Gasteiger partial charge on any atom is -0.329 e. The molecule has 0 aromatic carbocycles. The molecule has 0 N–H and O–H groups in total. The maximum atomic E-state index is 5.68.